The van der Waals surface area contributed by atoms with E-state index in [4.69, 9.17) is 5.73 Å². The summed E-state index contributed by atoms with van der Waals surface area (Å²) < 4.78 is 0. The van der Waals surface area contributed by atoms with Gasteiger partial charge in [-0.2, -0.15) is 11.8 Å². The first-order valence-corrected chi connectivity index (χ1v) is 15.7. The van der Waals surface area contributed by atoms with E-state index in [0.29, 0.717) is 23.3 Å². The van der Waals surface area contributed by atoms with Crippen LogP contribution in [0.3, 0.4) is 0 Å². The normalized spacial score (nSPS) is 13.9. The summed E-state index contributed by atoms with van der Waals surface area (Å²) in [6, 6.07) is 9.47. The van der Waals surface area contributed by atoms with Gasteiger partial charge in [-0.25, -0.2) is 4.79 Å². The highest BCUT2D eigenvalue weighted by molar-refractivity contribution is 7.98. The first-order valence-electron chi connectivity index (χ1n) is 14.3. The van der Waals surface area contributed by atoms with E-state index in [-0.39, 0.29) is 12.8 Å². The van der Waals surface area contributed by atoms with Crippen LogP contribution in [0, 0.1) is 0 Å². The first kappa shape index (κ1) is 33.1. The van der Waals surface area contributed by atoms with E-state index in [1.165, 1.54) is 11.8 Å². The van der Waals surface area contributed by atoms with Crippen LogP contribution in [0.25, 0.3) is 21.8 Å². The number of carbonyl (C=O) groups excluding carboxylic acids is 3. The van der Waals surface area contributed by atoms with Crippen LogP contribution in [0.5, 0.6) is 0 Å². The number of H-pyrrole nitrogens is 2. The number of benzene rings is 2. The summed E-state index contributed by atoms with van der Waals surface area (Å²) in [6.07, 6.45) is 4.69. The van der Waals surface area contributed by atoms with Crippen molar-refractivity contribution in [1.29, 1.82) is 0 Å². The summed E-state index contributed by atoms with van der Waals surface area (Å²) in [6.45, 7) is 0. The van der Waals surface area contributed by atoms with Crippen molar-refractivity contribution in [3.8, 4) is 0 Å². The second-order valence-electron chi connectivity index (χ2n) is 10.6. The Kier molecular flexibility index (Phi) is 11.2. The molecule has 2 aromatic carbocycles. The third kappa shape index (κ3) is 8.64. The molecule has 0 spiro atoms. The third-order valence-electron chi connectivity index (χ3n) is 7.43. The number of amides is 3. The Balaban J connectivity index is 1.54. The van der Waals surface area contributed by atoms with Gasteiger partial charge in [0.05, 0.1) is 12.5 Å². The molecule has 0 aliphatic heterocycles. The molecule has 0 bridgehead atoms. The fraction of sp³-hybridized carbons (Fsp3) is 0.323. The largest absolute Gasteiger partial charge is 0.481 e. The molecule has 2 aromatic heterocycles. The van der Waals surface area contributed by atoms with E-state index < -0.39 is 60.2 Å². The second-order valence-corrected chi connectivity index (χ2v) is 11.6. The van der Waals surface area contributed by atoms with Gasteiger partial charge < -0.3 is 41.9 Å². The number of nitrogens with two attached hydrogens (primary N) is 1. The standard InChI is InChI=1S/C31H36N6O7S/c1-45-11-10-21(32)28(40)35-24(12-17-15-33-22-8-4-2-6-19(17)22)29(41)36-25(14-27(38)39)30(42)37-26(31(43)44)13-18-16-34-23-9-5-3-7-20(18)23/h2-9,15-16,21,24-26,33-34H,10-14,32H2,1H3,(H,35,40)(H,36,41)(H,37,42)(H,38,39)(H,43,44). The molecule has 4 unspecified atom stereocenters. The van der Waals surface area contributed by atoms with Gasteiger partial charge in [-0.3, -0.25) is 19.2 Å². The first-order chi connectivity index (χ1) is 21.6. The molecule has 0 aliphatic rings. The van der Waals surface area contributed by atoms with Gasteiger partial charge in [-0.15, -0.1) is 0 Å². The Morgan fingerprint density at radius 2 is 1.24 bits per heavy atom. The fourth-order valence-electron chi connectivity index (χ4n) is 5.03. The van der Waals surface area contributed by atoms with Gasteiger partial charge in [-0.05, 0) is 41.7 Å². The topological polar surface area (TPSA) is 219 Å². The van der Waals surface area contributed by atoms with Crippen LogP contribution in [-0.4, -0.2) is 86.0 Å². The van der Waals surface area contributed by atoms with Gasteiger partial charge in [-0.1, -0.05) is 36.4 Å². The molecule has 4 atom stereocenters. The molecule has 45 heavy (non-hydrogen) atoms. The van der Waals surface area contributed by atoms with Crippen LogP contribution < -0.4 is 21.7 Å². The maximum absolute atomic E-state index is 13.6. The minimum atomic E-state index is -1.63. The number of para-hydroxylation sites is 2. The second kappa shape index (κ2) is 15.3. The molecule has 0 radical (unpaired) electrons. The number of hydrogen-bond donors (Lipinski definition) is 8. The SMILES string of the molecule is CSCCC(N)C(=O)NC(Cc1c[nH]c2ccccc12)C(=O)NC(CC(=O)O)C(=O)NC(Cc1c[nH]c2ccccc12)C(=O)O. The number of rotatable bonds is 16. The number of carboxylic acids is 2. The summed E-state index contributed by atoms with van der Waals surface area (Å²) in [4.78, 5) is 69.9. The van der Waals surface area contributed by atoms with Crippen molar-refractivity contribution in [2.45, 2.75) is 49.9 Å². The van der Waals surface area contributed by atoms with Gasteiger partial charge in [0.1, 0.15) is 18.1 Å². The van der Waals surface area contributed by atoms with Gasteiger partial charge in [0.2, 0.25) is 17.7 Å². The summed E-state index contributed by atoms with van der Waals surface area (Å²) in [5, 5.41) is 28.5. The predicted molar refractivity (Wildman–Crippen MR) is 171 cm³/mol. The highest BCUT2D eigenvalue weighted by atomic mass is 32.2. The van der Waals surface area contributed by atoms with Gasteiger partial charge >= 0.3 is 11.9 Å². The highest BCUT2D eigenvalue weighted by Gasteiger charge is 2.32. The minimum Gasteiger partial charge on any atom is -0.481 e. The number of thioether (sulfide) groups is 1. The molecule has 4 rings (SSSR count). The third-order valence-corrected chi connectivity index (χ3v) is 8.07. The van der Waals surface area contributed by atoms with Crippen LogP contribution in [0.2, 0.25) is 0 Å². The quantitative estimate of drug-likeness (QED) is 0.0892. The Morgan fingerprint density at radius 1 is 0.756 bits per heavy atom. The fourth-order valence-corrected chi connectivity index (χ4v) is 5.52. The van der Waals surface area contributed by atoms with E-state index in [2.05, 4.69) is 25.9 Å². The maximum Gasteiger partial charge on any atom is 0.326 e. The average Bonchev–Trinajstić information content (AvgIpc) is 3.62. The predicted octanol–water partition coefficient (Wildman–Crippen LogP) is 1.53. The zero-order valence-electron chi connectivity index (χ0n) is 24.5. The van der Waals surface area contributed by atoms with Crippen LogP contribution in [0.4, 0.5) is 0 Å². The Bertz CT molecular complexity index is 1680. The van der Waals surface area contributed by atoms with Crippen LogP contribution in [0.15, 0.2) is 60.9 Å². The van der Waals surface area contributed by atoms with Crippen molar-refractivity contribution >= 4 is 63.2 Å². The van der Waals surface area contributed by atoms with E-state index in [9.17, 15) is 34.2 Å². The monoisotopic (exact) mass is 636 g/mol. The molecule has 2 heterocycles. The number of nitrogens with one attached hydrogen (secondary N) is 5. The molecule has 0 saturated carbocycles. The number of aliphatic carboxylic acids is 2. The highest BCUT2D eigenvalue weighted by Crippen LogP contribution is 2.21. The molecule has 238 valence electrons. The summed E-state index contributed by atoms with van der Waals surface area (Å²) >= 11 is 1.52. The van der Waals surface area contributed by atoms with Crippen LogP contribution in [0.1, 0.15) is 24.0 Å². The summed E-state index contributed by atoms with van der Waals surface area (Å²) in [7, 11) is 0. The van der Waals surface area contributed by atoms with E-state index in [0.717, 1.165) is 21.8 Å². The number of hydrogen-bond acceptors (Lipinski definition) is 7. The lowest BCUT2D eigenvalue weighted by molar-refractivity contribution is -0.143. The number of carboxylic acid groups (broad SMARTS) is 2. The lowest BCUT2D eigenvalue weighted by Crippen LogP contribution is -2.58. The van der Waals surface area contributed by atoms with E-state index >= 15 is 0 Å². The Hall–Kier alpha value is -4.82. The van der Waals surface area contributed by atoms with Gasteiger partial charge in [0.15, 0.2) is 0 Å². The number of aromatic nitrogens is 2. The molecular formula is C31H36N6O7S. The smallest absolute Gasteiger partial charge is 0.326 e. The van der Waals surface area contributed by atoms with Crippen molar-refractivity contribution < 1.29 is 34.2 Å². The van der Waals surface area contributed by atoms with Crippen molar-refractivity contribution in [2.75, 3.05) is 12.0 Å². The van der Waals surface area contributed by atoms with Crippen molar-refractivity contribution in [3.63, 3.8) is 0 Å². The molecule has 13 nitrogen and oxygen atoms in total. The Labute approximate surface area is 262 Å². The number of carbonyl (C=O) groups is 5. The zero-order valence-corrected chi connectivity index (χ0v) is 25.4. The number of fused-ring (bicyclic) bond motifs is 2. The lowest BCUT2D eigenvalue weighted by Gasteiger charge is -2.24. The van der Waals surface area contributed by atoms with Crippen LogP contribution in [-0.2, 0) is 36.8 Å². The molecule has 0 saturated heterocycles. The summed E-state index contributed by atoms with van der Waals surface area (Å²) in [5.74, 6) is -4.50. The number of aromatic amines is 2. The minimum absolute atomic E-state index is 0.0105. The van der Waals surface area contributed by atoms with Crippen molar-refractivity contribution in [3.05, 3.63) is 72.1 Å². The molecular weight excluding hydrogens is 600 g/mol. The van der Waals surface area contributed by atoms with E-state index in [1.54, 1.807) is 18.5 Å². The molecule has 0 aliphatic carbocycles. The molecule has 0 fully saturated rings. The molecule has 14 heteroatoms. The van der Waals surface area contributed by atoms with Crippen molar-refractivity contribution in [2.24, 2.45) is 5.73 Å². The zero-order chi connectivity index (χ0) is 32.5. The molecule has 4 aromatic rings. The molecule has 3 amide bonds. The Morgan fingerprint density at radius 3 is 1.78 bits per heavy atom. The van der Waals surface area contributed by atoms with Gasteiger partial charge in [0, 0.05) is 47.0 Å². The molecule has 9 N–H and O–H groups in total. The average molecular weight is 637 g/mol. The van der Waals surface area contributed by atoms with Gasteiger partial charge in [0.25, 0.3) is 0 Å². The van der Waals surface area contributed by atoms with E-state index in [1.807, 2.05) is 48.7 Å². The van der Waals surface area contributed by atoms with Crippen LogP contribution >= 0.6 is 11.8 Å². The summed E-state index contributed by atoms with van der Waals surface area (Å²) in [5.41, 5.74) is 8.98. The van der Waals surface area contributed by atoms with Crippen molar-refractivity contribution in [1.82, 2.24) is 25.9 Å². The maximum atomic E-state index is 13.6. The lowest BCUT2D eigenvalue weighted by atomic mass is 10.0.